The van der Waals surface area contributed by atoms with Gasteiger partial charge in [0.25, 0.3) is 0 Å². The number of carbonyl (C=O) groups excluding carboxylic acids is 1. The molecule has 0 radical (unpaired) electrons. The summed E-state index contributed by atoms with van der Waals surface area (Å²) in [6.07, 6.45) is 2.29. The molecule has 0 aliphatic carbocycles. The van der Waals surface area contributed by atoms with Crippen LogP contribution in [-0.2, 0) is 16.0 Å². The molecule has 0 heterocycles. The Kier molecular flexibility index (Phi) is 8.41. The van der Waals surface area contributed by atoms with Gasteiger partial charge in [-0.05, 0) is 73.7 Å². The van der Waals surface area contributed by atoms with Crippen LogP contribution >= 0.6 is 0 Å². The van der Waals surface area contributed by atoms with Crippen LogP contribution in [0.25, 0.3) is 16.7 Å². The maximum atomic E-state index is 11.8. The SMILES string of the molecule is CC(=O)C(Cc1ccc(OC/C=C(\C)c2ccc(-c3ccccc3)cc2)cc1)OC(C)C. The fourth-order valence-electron chi connectivity index (χ4n) is 3.49. The topological polar surface area (TPSA) is 35.5 Å². The van der Waals surface area contributed by atoms with E-state index in [4.69, 9.17) is 9.47 Å². The van der Waals surface area contributed by atoms with Crippen LogP contribution < -0.4 is 4.74 Å². The highest BCUT2D eigenvalue weighted by atomic mass is 16.5. The van der Waals surface area contributed by atoms with Crippen molar-refractivity contribution in [1.29, 1.82) is 0 Å². The Morgan fingerprint density at radius 1 is 0.844 bits per heavy atom. The standard InChI is InChI=1S/C29H32O3/c1-21(2)32-29(23(4)30)20-24-10-16-28(17-11-24)31-19-18-22(3)25-12-14-27(15-13-25)26-8-6-5-7-9-26/h5-18,21,29H,19-20H2,1-4H3/b22-18+. The molecular weight excluding hydrogens is 396 g/mol. The first-order valence-electron chi connectivity index (χ1n) is 11.1. The molecule has 0 spiro atoms. The molecule has 0 aliphatic rings. The molecule has 0 N–H and O–H groups in total. The Balaban J connectivity index is 1.54. The van der Waals surface area contributed by atoms with Crippen LogP contribution in [0.15, 0.2) is 84.9 Å². The Labute approximate surface area is 191 Å². The summed E-state index contributed by atoms with van der Waals surface area (Å²) < 4.78 is 11.6. The molecule has 3 nitrogen and oxygen atoms in total. The van der Waals surface area contributed by atoms with E-state index >= 15 is 0 Å². The molecule has 0 aliphatic heterocycles. The summed E-state index contributed by atoms with van der Waals surface area (Å²) in [5.74, 6) is 0.859. The van der Waals surface area contributed by atoms with Crippen LogP contribution in [-0.4, -0.2) is 24.6 Å². The zero-order chi connectivity index (χ0) is 22.9. The number of carbonyl (C=O) groups is 1. The normalized spacial score (nSPS) is 12.6. The van der Waals surface area contributed by atoms with E-state index in [2.05, 4.69) is 61.5 Å². The van der Waals surface area contributed by atoms with Gasteiger partial charge in [0.15, 0.2) is 5.78 Å². The lowest BCUT2D eigenvalue weighted by molar-refractivity contribution is -0.130. The van der Waals surface area contributed by atoms with Gasteiger partial charge in [-0.25, -0.2) is 0 Å². The summed E-state index contributed by atoms with van der Waals surface area (Å²) in [5, 5.41) is 0. The molecule has 0 saturated heterocycles. The summed E-state index contributed by atoms with van der Waals surface area (Å²) in [6, 6.07) is 26.9. The van der Waals surface area contributed by atoms with E-state index in [1.165, 1.54) is 22.3 Å². The summed E-state index contributed by atoms with van der Waals surface area (Å²) in [4.78, 5) is 11.8. The van der Waals surface area contributed by atoms with Gasteiger partial charge in [0.1, 0.15) is 18.5 Å². The average molecular weight is 429 g/mol. The zero-order valence-electron chi connectivity index (χ0n) is 19.4. The van der Waals surface area contributed by atoms with E-state index < -0.39 is 6.10 Å². The van der Waals surface area contributed by atoms with Crippen molar-refractivity contribution in [3.63, 3.8) is 0 Å². The van der Waals surface area contributed by atoms with E-state index in [9.17, 15) is 4.79 Å². The molecule has 3 aromatic rings. The predicted octanol–water partition coefficient (Wildman–Crippen LogP) is 6.76. The first-order chi connectivity index (χ1) is 15.4. The van der Waals surface area contributed by atoms with Gasteiger partial charge in [-0.15, -0.1) is 0 Å². The second-order valence-electron chi connectivity index (χ2n) is 8.27. The fraction of sp³-hybridized carbons (Fsp3) is 0.276. The molecular formula is C29H32O3. The summed E-state index contributed by atoms with van der Waals surface area (Å²) in [6.45, 7) is 8.06. The van der Waals surface area contributed by atoms with Crippen molar-refractivity contribution in [2.24, 2.45) is 0 Å². The van der Waals surface area contributed by atoms with Gasteiger partial charge in [0.05, 0.1) is 6.10 Å². The Hall–Kier alpha value is -3.17. The molecule has 1 unspecified atom stereocenters. The van der Waals surface area contributed by atoms with Gasteiger partial charge in [-0.2, -0.15) is 0 Å². The first-order valence-corrected chi connectivity index (χ1v) is 11.1. The fourth-order valence-corrected chi connectivity index (χ4v) is 3.49. The third-order valence-corrected chi connectivity index (χ3v) is 5.32. The second kappa shape index (κ2) is 11.4. The molecule has 0 saturated carbocycles. The van der Waals surface area contributed by atoms with Crippen LogP contribution in [0.4, 0.5) is 0 Å². The number of hydrogen-bond acceptors (Lipinski definition) is 3. The number of benzene rings is 3. The number of allylic oxidation sites excluding steroid dienone is 1. The molecule has 0 aromatic heterocycles. The first kappa shape index (κ1) is 23.5. The van der Waals surface area contributed by atoms with Gasteiger partial charge in [-0.1, -0.05) is 66.7 Å². The number of ether oxygens (including phenoxy) is 2. The number of Topliss-reactive ketones (excluding diaryl/α,β-unsaturated/α-hetero) is 1. The minimum absolute atomic E-state index is 0.0241. The molecule has 1 atom stereocenters. The Bertz CT molecular complexity index is 1020. The second-order valence-corrected chi connectivity index (χ2v) is 8.27. The highest BCUT2D eigenvalue weighted by molar-refractivity contribution is 5.80. The summed E-state index contributed by atoms with van der Waals surface area (Å²) in [7, 11) is 0. The van der Waals surface area contributed by atoms with E-state index in [1.807, 2.05) is 44.2 Å². The molecule has 3 heteroatoms. The van der Waals surface area contributed by atoms with Gasteiger partial charge in [-0.3, -0.25) is 4.79 Å². The van der Waals surface area contributed by atoms with Crippen molar-refractivity contribution in [2.45, 2.75) is 46.3 Å². The quantitative estimate of drug-likeness (QED) is 0.358. The van der Waals surface area contributed by atoms with Crippen LogP contribution in [0.2, 0.25) is 0 Å². The monoisotopic (exact) mass is 428 g/mol. The zero-order valence-corrected chi connectivity index (χ0v) is 19.4. The van der Waals surface area contributed by atoms with Crippen LogP contribution in [0, 0.1) is 0 Å². The van der Waals surface area contributed by atoms with Crippen LogP contribution in [0.3, 0.4) is 0 Å². The van der Waals surface area contributed by atoms with Crippen molar-refractivity contribution in [2.75, 3.05) is 6.61 Å². The molecule has 32 heavy (non-hydrogen) atoms. The minimum atomic E-state index is -0.402. The molecule has 166 valence electrons. The number of ketones is 1. The molecule has 0 fully saturated rings. The lowest BCUT2D eigenvalue weighted by Crippen LogP contribution is -2.27. The third kappa shape index (κ3) is 6.93. The summed E-state index contributed by atoms with van der Waals surface area (Å²) in [5.41, 5.74) is 5.85. The average Bonchev–Trinajstić information content (AvgIpc) is 2.80. The highest BCUT2D eigenvalue weighted by Gasteiger charge is 2.17. The van der Waals surface area contributed by atoms with Crippen molar-refractivity contribution < 1.29 is 14.3 Å². The van der Waals surface area contributed by atoms with E-state index in [-0.39, 0.29) is 11.9 Å². The van der Waals surface area contributed by atoms with Crippen molar-refractivity contribution in [3.8, 4) is 16.9 Å². The third-order valence-electron chi connectivity index (χ3n) is 5.32. The van der Waals surface area contributed by atoms with Crippen molar-refractivity contribution >= 4 is 11.4 Å². The molecule has 3 aromatic carbocycles. The Morgan fingerprint density at radius 3 is 2.06 bits per heavy atom. The Morgan fingerprint density at radius 2 is 1.47 bits per heavy atom. The van der Waals surface area contributed by atoms with Crippen molar-refractivity contribution in [3.05, 3.63) is 96.1 Å². The number of hydrogen-bond donors (Lipinski definition) is 0. The lowest BCUT2D eigenvalue weighted by atomic mass is 10.0. The van der Waals surface area contributed by atoms with Crippen LogP contribution in [0.1, 0.15) is 38.8 Å². The van der Waals surface area contributed by atoms with Gasteiger partial charge >= 0.3 is 0 Å². The van der Waals surface area contributed by atoms with Gasteiger partial charge in [0.2, 0.25) is 0 Å². The van der Waals surface area contributed by atoms with E-state index in [0.717, 1.165) is 11.3 Å². The van der Waals surface area contributed by atoms with Crippen molar-refractivity contribution in [1.82, 2.24) is 0 Å². The lowest BCUT2D eigenvalue weighted by Gasteiger charge is -2.18. The van der Waals surface area contributed by atoms with Crippen LogP contribution in [0.5, 0.6) is 5.75 Å². The maximum Gasteiger partial charge on any atom is 0.158 e. The largest absolute Gasteiger partial charge is 0.490 e. The minimum Gasteiger partial charge on any atom is -0.490 e. The highest BCUT2D eigenvalue weighted by Crippen LogP contribution is 2.22. The molecule has 3 rings (SSSR count). The van der Waals surface area contributed by atoms with Gasteiger partial charge < -0.3 is 9.47 Å². The van der Waals surface area contributed by atoms with E-state index in [0.29, 0.717) is 13.0 Å². The van der Waals surface area contributed by atoms with E-state index in [1.54, 1.807) is 6.92 Å². The summed E-state index contributed by atoms with van der Waals surface area (Å²) >= 11 is 0. The predicted molar refractivity (Wildman–Crippen MR) is 132 cm³/mol. The smallest absolute Gasteiger partial charge is 0.158 e. The molecule has 0 bridgehead atoms. The number of rotatable bonds is 10. The van der Waals surface area contributed by atoms with Gasteiger partial charge in [0, 0.05) is 6.42 Å². The molecule has 0 amide bonds. The maximum absolute atomic E-state index is 11.8.